The van der Waals surface area contributed by atoms with Gasteiger partial charge in [0.2, 0.25) is 0 Å². The van der Waals surface area contributed by atoms with Gasteiger partial charge in [0.05, 0.1) is 0 Å². The lowest BCUT2D eigenvalue weighted by molar-refractivity contribution is -0.137. The van der Waals surface area contributed by atoms with Gasteiger partial charge in [-0.25, -0.2) is 4.79 Å². The summed E-state index contributed by atoms with van der Waals surface area (Å²) in [6.45, 7) is 0.507. The second-order valence-corrected chi connectivity index (χ2v) is 6.38. The number of aliphatic carboxylic acids is 1. The highest BCUT2D eigenvalue weighted by molar-refractivity contribution is 5.75. The highest BCUT2D eigenvalue weighted by atomic mass is 16.4. The molecule has 0 spiro atoms. The Morgan fingerprint density at radius 3 is 2.47 bits per heavy atom. The maximum Gasteiger partial charge on any atom is 0.317 e. The molecule has 0 heterocycles. The first-order valence-corrected chi connectivity index (χ1v) is 7.31. The van der Waals surface area contributed by atoms with Crippen LogP contribution < -0.4 is 5.32 Å². The molecule has 3 fully saturated rings. The third-order valence-corrected chi connectivity index (χ3v) is 5.26. The highest BCUT2D eigenvalue weighted by Crippen LogP contribution is 2.65. The first-order chi connectivity index (χ1) is 9.08. The Bertz CT molecular complexity index is 382. The fraction of sp³-hybridized carbons (Fsp3) is 0.857. The Hall–Kier alpha value is -1.26. The number of carbonyl (C=O) groups is 2. The summed E-state index contributed by atoms with van der Waals surface area (Å²) in [5, 5.41) is 11.7. The molecule has 0 aromatic rings. The lowest BCUT2D eigenvalue weighted by Crippen LogP contribution is -2.40. The molecule has 0 radical (unpaired) electrons. The van der Waals surface area contributed by atoms with Gasteiger partial charge in [-0.15, -0.1) is 0 Å². The molecule has 0 saturated heterocycles. The van der Waals surface area contributed by atoms with Crippen molar-refractivity contribution in [2.45, 2.75) is 38.1 Å². The largest absolute Gasteiger partial charge is 0.481 e. The fourth-order valence-electron chi connectivity index (χ4n) is 4.34. The molecule has 5 nitrogen and oxygen atoms in total. The maximum absolute atomic E-state index is 12.0. The van der Waals surface area contributed by atoms with Gasteiger partial charge in [-0.1, -0.05) is 0 Å². The van der Waals surface area contributed by atoms with Gasteiger partial charge in [0.25, 0.3) is 0 Å². The van der Waals surface area contributed by atoms with Crippen LogP contribution in [-0.2, 0) is 4.79 Å². The molecule has 0 aromatic carbocycles. The molecule has 3 saturated carbocycles. The zero-order valence-electron chi connectivity index (χ0n) is 11.3. The van der Waals surface area contributed by atoms with Crippen molar-refractivity contribution in [3.63, 3.8) is 0 Å². The van der Waals surface area contributed by atoms with Gasteiger partial charge in [-0.05, 0) is 49.4 Å². The summed E-state index contributed by atoms with van der Waals surface area (Å²) < 4.78 is 0. The monoisotopic (exact) mass is 266 g/mol. The molecule has 0 aromatic heterocycles. The number of hydrogen-bond donors (Lipinski definition) is 2. The second kappa shape index (κ2) is 4.69. The third-order valence-electron chi connectivity index (χ3n) is 5.26. The number of nitrogens with zero attached hydrogens (tertiary/aromatic N) is 1. The molecule has 2 amide bonds. The van der Waals surface area contributed by atoms with Crippen molar-refractivity contribution in [3.8, 4) is 0 Å². The standard InChI is InChI=1S/C14H22N2O3/c1-16(6-2-3-10(17)18)14(19)15-13-11-8-4-5-9(7-8)12(11)13/h8-9,11-13H,2-7H2,1H3,(H,15,19)(H,17,18). The van der Waals surface area contributed by atoms with Crippen LogP contribution in [-0.4, -0.2) is 41.6 Å². The molecule has 4 unspecified atom stereocenters. The van der Waals surface area contributed by atoms with E-state index in [2.05, 4.69) is 5.32 Å². The quantitative estimate of drug-likeness (QED) is 0.793. The summed E-state index contributed by atoms with van der Waals surface area (Å²) in [5.74, 6) is 2.41. The van der Waals surface area contributed by atoms with E-state index in [1.165, 1.54) is 19.3 Å². The van der Waals surface area contributed by atoms with E-state index >= 15 is 0 Å². The number of fused-ring (bicyclic) bond motifs is 5. The Labute approximate surface area is 113 Å². The molecule has 3 aliphatic carbocycles. The topological polar surface area (TPSA) is 69.6 Å². The van der Waals surface area contributed by atoms with Gasteiger partial charge in [-0.3, -0.25) is 4.79 Å². The molecule has 106 valence electrons. The summed E-state index contributed by atoms with van der Waals surface area (Å²) in [4.78, 5) is 24.0. The first kappa shape index (κ1) is 12.8. The van der Waals surface area contributed by atoms with Crippen LogP contribution in [0.2, 0.25) is 0 Å². The molecule has 2 N–H and O–H groups in total. The van der Waals surface area contributed by atoms with E-state index in [1.54, 1.807) is 11.9 Å². The number of nitrogens with one attached hydrogen (secondary N) is 1. The van der Waals surface area contributed by atoms with Gasteiger partial charge in [0.15, 0.2) is 0 Å². The number of rotatable bonds is 5. The predicted octanol–water partition coefficient (Wildman–Crippen LogP) is 1.54. The fourth-order valence-corrected chi connectivity index (χ4v) is 4.34. The van der Waals surface area contributed by atoms with E-state index in [0.717, 1.165) is 23.7 Å². The van der Waals surface area contributed by atoms with Crippen molar-refractivity contribution in [2.24, 2.45) is 23.7 Å². The number of carboxylic acid groups (broad SMARTS) is 1. The van der Waals surface area contributed by atoms with Crippen LogP contribution in [0.4, 0.5) is 4.79 Å². The van der Waals surface area contributed by atoms with Gasteiger partial charge in [0, 0.05) is 26.1 Å². The minimum atomic E-state index is -0.804. The number of carboxylic acids is 1. The van der Waals surface area contributed by atoms with Crippen LogP contribution in [0.15, 0.2) is 0 Å². The van der Waals surface area contributed by atoms with Crippen LogP contribution in [0, 0.1) is 23.7 Å². The third kappa shape index (κ3) is 2.30. The number of amides is 2. The lowest BCUT2D eigenvalue weighted by Gasteiger charge is -2.19. The molecule has 5 heteroatoms. The minimum absolute atomic E-state index is 0.0378. The zero-order valence-corrected chi connectivity index (χ0v) is 11.3. The number of urea groups is 1. The van der Waals surface area contributed by atoms with Crippen LogP contribution >= 0.6 is 0 Å². The van der Waals surface area contributed by atoms with Crippen LogP contribution in [0.5, 0.6) is 0 Å². The van der Waals surface area contributed by atoms with E-state index < -0.39 is 5.97 Å². The summed E-state index contributed by atoms with van der Waals surface area (Å²) >= 11 is 0. The van der Waals surface area contributed by atoms with E-state index in [0.29, 0.717) is 19.0 Å². The molecule has 3 aliphatic rings. The number of hydrogen-bond acceptors (Lipinski definition) is 2. The highest BCUT2D eigenvalue weighted by Gasteiger charge is 2.65. The van der Waals surface area contributed by atoms with E-state index in [9.17, 15) is 9.59 Å². The van der Waals surface area contributed by atoms with Crippen LogP contribution in [0.1, 0.15) is 32.1 Å². The van der Waals surface area contributed by atoms with Gasteiger partial charge in [0.1, 0.15) is 0 Å². The first-order valence-electron chi connectivity index (χ1n) is 7.31. The average molecular weight is 266 g/mol. The average Bonchev–Trinajstić information content (AvgIpc) is 2.76. The Morgan fingerprint density at radius 1 is 1.26 bits per heavy atom. The molecule has 19 heavy (non-hydrogen) atoms. The second-order valence-electron chi connectivity index (χ2n) is 6.38. The van der Waals surface area contributed by atoms with E-state index in [-0.39, 0.29) is 12.5 Å². The Morgan fingerprint density at radius 2 is 1.89 bits per heavy atom. The number of carbonyl (C=O) groups excluding carboxylic acids is 1. The van der Waals surface area contributed by atoms with E-state index in [4.69, 9.17) is 5.11 Å². The zero-order chi connectivity index (χ0) is 13.6. The predicted molar refractivity (Wildman–Crippen MR) is 69.6 cm³/mol. The summed E-state index contributed by atoms with van der Waals surface area (Å²) in [6.07, 6.45) is 4.73. The van der Waals surface area contributed by atoms with Crippen LogP contribution in [0.3, 0.4) is 0 Å². The van der Waals surface area contributed by atoms with Crippen molar-refractivity contribution in [1.82, 2.24) is 10.2 Å². The van der Waals surface area contributed by atoms with Gasteiger partial charge < -0.3 is 15.3 Å². The van der Waals surface area contributed by atoms with Gasteiger partial charge in [-0.2, -0.15) is 0 Å². The smallest absolute Gasteiger partial charge is 0.317 e. The van der Waals surface area contributed by atoms with Crippen molar-refractivity contribution in [3.05, 3.63) is 0 Å². The van der Waals surface area contributed by atoms with Crippen molar-refractivity contribution in [2.75, 3.05) is 13.6 Å². The SMILES string of the molecule is CN(CCCC(=O)O)C(=O)NC1C2C3CCC(C3)C12. The normalized spacial score (nSPS) is 37.8. The molecular weight excluding hydrogens is 244 g/mol. The molecular formula is C14H22N2O3. The van der Waals surface area contributed by atoms with Crippen molar-refractivity contribution in [1.29, 1.82) is 0 Å². The van der Waals surface area contributed by atoms with Crippen molar-refractivity contribution >= 4 is 12.0 Å². The summed E-state index contributed by atoms with van der Waals surface area (Å²) in [6, 6.07) is 0.366. The minimum Gasteiger partial charge on any atom is -0.481 e. The molecule has 0 aliphatic heterocycles. The Balaban J connectivity index is 1.41. The summed E-state index contributed by atoms with van der Waals surface area (Å²) in [5.41, 5.74) is 0. The van der Waals surface area contributed by atoms with Gasteiger partial charge >= 0.3 is 12.0 Å². The Kier molecular flexibility index (Phi) is 3.15. The molecule has 3 rings (SSSR count). The maximum atomic E-state index is 12.0. The summed E-state index contributed by atoms with van der Waals surface area (Å²) in [7, 11) is 1.74. The molecule has 2 bridgehead atoms. The lowest BCUT2D eigenvalue weighted by atomic mass is 10.0. The molecule has 4 atom stereocenters. The van der Waals surface area contributed by atoms with Crippen molar-refractivity contribution < 1.29 is 14.7 Å². The van der Waals surface area contributed by atoms with Crippen LogP contribution in [0.25, 0.3) is 0 Å². The van der Waals surface area contributed by atoms with E-state index in [1.807, 2.05) is 0 Å².